The van der Waals surface area contributed by atoms with Crippen molar-refractivity contribution >= 4 is 21.7 Å². The highest BCUT2D eigenvalue weighted by atomic mass is 79.9. The van der Waals surface area contributed by atoms with Crippen molar-refractivity contribution in [3.05, 3.63) is 58.5 Å². The molecule has 1 aromatic rings. The van der Waals surface area contributed by atoms with Gasteiger partial charge in [-0.25, -0.2) is 4.39 Å². The molecule has 0 fully saturated rings. The van der Waals surface area contributed by atoms with E-state index >= 15 is 0 Å². The molecule has 0 aromatic heterocycles. The summed E-state index contributed by atoms with van der Waals surface area (Å²) in [5, 5.41) is 0. The Labute approximate surface area is 108 Å². The molecule has 0 radical (unpaired) electrons. The molecule has 0 N–H and O–H groups in total. The Bertz CT molecular complexity index is 479. The van der Waals surface area contributed by atoms with Crippen LogP contribution in [0.4, 0.5) is 4.39 Å². The minimum absolute atomic E-state index is 0.0168. The number of rotatable bonds is 3. The van der Waals surface area contributed by atoms with Crippen LogP contribution in [-0.2, 0) is 0 Å². The van der Waals surface area contributed by atoms with Gasteiger partial charge in [0.1, 0.15) is 5.83 Å². The molecule has 0 saturated heterocycles. The number of hydrogen-bond acceptors (Lipinski definition) is 2. The molecule has 88 valence electrons. The summed E-state index contributed by atoms with van der Waals surface area (Å²) < 4.78 is 13.9. The number of ketones is 1. The van der Waals surface area contributed by atoms with E-state index in [9.17, 15) is 9.18 Å². The lowest BCUT2D eigenvalue weighted by Crippen LogP contribution is -2.27. The number of nitrogens with zero attached hydrogens (tertiary/aromatic N) is 1. The number of carbonyl (C=O) groups is 1. The average molecular weight is 296 g/mol. The van der Waals surface area contributed by atoms with Gasteiger partial charge < -0.3 is 4.90 Å². The predicted octanol–water partition coefficient (Wildman–Crippen LogP) is 3.31. The van der Waals surface area contributed by atoms with Gasteiger partial charge in [0.15, 0.2) is 5.78 Å². The Kier molecular flexibility index (Phi) is 3.74. The fraction of sp³-hybridized carbons (Fsp3) is 0.154. The number of Topliss-reactive ketones (excluding diaryl/α,β-unsaturated/α-hetero) is 1. The van der Waals surface area contributed by atoms with E-state index in [2.05, 4.69) is 15.9 Å². The third kappa shape index (κ3) is 3.27. The van der Waals surface area contributed by atoms with Gasteiger partial charge in [-0.15, -0.1) is 0 Å². The van der Waals surface area contributed by atoms with Crippen molar-refractivity contribution in [1.29, 1.82) is 0 Å². The smallest absolute Gasteiger partial charge is 0.182 e. The maximum absolute atomic E-state index is 13.0. The number of halogens is 2. The number of benzene rings is 1. The van der Waals surface area contributed by atoms with E-state index in [-0.39, 0.29) is 24.7 Å². The molecular weight excluding hydrogens is 285 g/mol. The van der Waals surface area contributed by atoms with Crippen LogP contribution in [0.1, 0.15) is 10.4 Å². The van der Waals surface area contributed by atoms with Crippen LogP contribution in [0.2, 0.25) is 0 Å². The highest BCUT2D eigenvalue weighted by Gasteiger charge is 2.12. The topological polar surface area (TPSA) is 20.3 Å². The summed E-state index contributed by atoms with van der Waals surface area (Å²) in [6.07, 6.45) is 4.73. The first kappa shape index (κ1) is 12.0. The van der Waals surface area contributed by atoms with Crippen LogP contribution in [0.25, 0.3) is 0 Å². The van der Waals surface area contributed by atoms with Gasteiger partial charge in [-0.2, -0.15) is 0 Å². The van der Waals surface area contributed by atoms with Crippen molar-refractivity contribution < 1.29 is 9.18 Å². The number of allylic oxidation sites excluding steroid dienone is 2. The maximum atomic E-state index is 13.0. The lowest BCUT2D eigenvalue weighted by Gasteiger charge is -2.20. The van der Waals surface area contributed by atoms with Crippen molar-refractivity contribution in [2.45, 2.75) is 0 Å². The van der Waals surface area contributed by atoms with Gasteiger partial charge >= 0.3 is 0 Å². The lowest BCUT2D eigenvalue weighted by atomic mass is 10.1. The van der Waals surface area contributed by atoms with Crippen molar-refractivity contribution in [3.8, 4) is 0 Å². The fourth-order valence-corrected chi connectivity index (χ4v) is 1.85. The van der Waals surface area contributed by atoms with Gasteiger partial charge in [0, 0.05) is 16.2 Å². The summed E-state index contributed by atoms with van der Waals surface area (Å²) in [5.74, 6) is -0.243. The zero-order chi connectivity index (χ0) is 12.3. The van der Waals surface area contributed by atoms with E-state index in [0.29, 0.717) is 5.56 Å². The molecule has 0 bridgehead atoms. The fourth-order valence-electron chi connectivity index (χ4n) is 1.59. The second-order valence-corrected chi connectivity index (χ2v) is 4.71. The van der Waals surface area contributed by atoms with E-state index in [1.165, 1.54) is 6.08 Å². The molecule has 0 aliphatic carbocycles. The first-order valence-corrected chi connectivity index (χ1v) is 6.00. The Balaban J connectivity index is 2.00. The van der Waals surface area contributed by atoms with Crippen molar-refractivity contribution in [2.24, 2.45) is 0 Å². The molecule has 0 atom stereocenters. The molecule has 2 nitrogen and oxygen atoms in total. The molecule has 1 aliphatic heterocycles. The molecule has 0 amide bonds. The molecule has 0 unspecified atom stereocenters. The molecule has 1 aromatic carbocycles. The third-order valence-electron chi connectivity index (χ3n) is 2.44. The second-order valence-electron chi connectivity index (χ2n) is 3.79. The van der Waals surface area contributed by atoms with Gasteiger partial charge in [0.2, 0.25) is 0 Å². The Morgan fingerprint density at radius 3 is 2.71 bits per heavy atom. The first-order valence-electron chi connectivity index (χ1n) is 5.21. The molecule has 0 spiro atoms. The summed E-state index contributed by atoms with van der Waals surface area (Å²) in [7, 11) is 0. The van der Waals surface area contributed by atoms with Crippen LogP contribution in [0.5, 0.6) is 0 Å². The molecule has 2 rings (SSSR count). The Hall–Kier alpha value is -1.42. The van der Waals surface area contributed by atoms with Gasteiger partial charge in [-0.05, 0) is 24.3 Å². The molecule has 1 heterocycles. The Morgan fingerprint density at radius 1 is 1.35 bits per heavy atom. The summed E-state index contributed by atoms with van der Waals surface area (Å²) in [5.41, 5.74) is 0.636. The largest absolute Gasteiger partial charge is 0.363 e. The lowest BCUT2D eigenvalue weighted by molar-refractivity contribution is 0.0956. The van der Waals surface area contributed by atoms with E-state index in [1.54, 1.807) is 29.3 Å². The molecular formula is C13H11BrFNO. The van der Waals surface area contributed by atoms with Crippen LogP contribution >= 0.6 is 15.9 Å². The molecule has 1 aliphatic rings. The van der Waals surface area contributed by atoms with Gasteiger partial charge in [0.25, 0.3) is 0 Å². The quantitative estimate of drug-likeness (QED) is 0.798. The van der Waals surface area contributed by atoms with Crippen LogP contribution in [0, 0.1) is 0 Å². The van der Waals surface area contributed by atoms with E-state index in [1.807, 2.05) is 12.1 Å². The minimum atomic E-state index is -0.226. The van der Waals surface area contributed by atoms with Gasteiger partial charge in [-0.3, -0.25) is 4.79 Å². The zero-order valence-corrected chi connectivity index (χ0v) is 10.7. The van der Waals surface area contributed by atoms with Crippen LogP contribution in [0.15, 0.2) is 52.9 Å². The SMILES string of the molecule is O=C(CN1C=CC=C(F)C1)c1ccc(Br)cc1. The predicted molar refractivity (Wildman–Crippen MR) is 68.4 cm³/mol. The standard InChI is InChI=1S/C13H11BrFNO/c14-11-5-3-10(4-6-11)13(17)9-16-7-1-2-12(15)8-16/h1-7H,8-9H2. The second kappa shape index (κ2) is 5.27. The molecule has 17 heavy (non-hydrogen) atoms. The Morgan fingerprint density at radius 2 is 2.06 bits per heavy atom. The number of hydrogen-bond donors (Lipinski definition) is 0. The van der Waals surface area contributed by atoms with E-state index < -0.39 is 0 Å². The van der Waals surface area contributed by atoms with E-state index in [4.69, 9.17) is 0 Å². The maximum Gasteiger partial charge on any atom is 0.182 e. The van der Waals surface area contributed by atoms with Crippen molar-refractivity contribution in [1.82, 2.24) is 4.90 Å². The van der Waals surface area contributed by atoms with Crippen LogP contribution < -0.4 is 0 Å². The highest BCUT2D eigenvalue weighted by molar-refractivity contribution is 9.10. The normalized spacial score (nSPS) is 14.7. The molecule has 4 heteroatoms. The van der Waals surface area contributed by atoms with E-state index in [0.717, 1.165) is 4.47 Å². The summed E-state index contributed by atoms with van der Waals surface area (Å²) in [6, 6.07) is 7.15. The minimum Gasteiger partial charge on any atom is -0.363 e. The summed E-state index contributed by atoms with van der Waals surface area (Å²) in [4.78, 5) is 13.6. The van der Waals surface area contributed by atoms with Crippen molar-refractivity contribution in [2.75, 3.05) is 13.1 Å². The highest BCUT2D eigenvalue weighted by Crippen LogP contribution is 2.13. The zero-order valence-electron chi connectivity index (χ0n) is 9.07. The monoisotopic (exact) mass is 295 g/mol. The van der Waals surface area contributed by atoms with Gasteiger partial charge in [-0.1, -0.05) is 28.1 Å². The average Bonchev–Trinajstić information content (AvgIpc) is 2.29. The number of carbonyl (C=O) groups excluding carboxylic acids is 1. The van der Waals surface area contributed by atoms with Crippen LogP contribution in [0.3, 0.4) is 0 Å². The summed E-state index contributed by atoms with van der Waals surface area (Å²) >= 11 is 3.31. The van der Waals surface area contributed by atoms with Crippen LogP contribution in [-0.4, -0.2) is 23.8 Å². The van der Waals surface area contributed by atoms with Gasteiger partial charge in [0.05, 0.1) is 13.1 Å². The van der Waals surface area contributed by atoms with Crippen molar-refractivity contribution in [3.63, 3.8) is 0 Å². The molecule has 0 saturated carbocycles. The third-order valence-corrected chi connectivity index (χ3v) is 2.97. The summed E-state index contributed by atoms with van der Waals surface area (Å²) in [6.45, 7) is 0.359. The first-order chi connectivity index (χ1) is 8.15.